The standard InChI is InChI=1S/C23H33NO4/c1-22(2,3)24(21(25)26)23(10-11-23)17-20-15-18(8-6-12-27-4)14-19(16-20)9-7-13-28-5/h6-9,14-16H,10-13,17H2,1-5H3,(H,25,26)/b8-6+,9-7+. The molecule has 0 unspecified atom stereocenters. The minimum atomic E-state index is -0.846. The van der Waals surface area contributed by atoms with Gasteiger partial charge in [0.1, 0.15) is 0 Å². The molecule has 5 nitrogen and oxygen atoms in total. The fraction of sp³-hybridized carbons (Fsp3) is 0.522. The van der Waals surface area contributed by atoms with Crippen molar-refractivity contribution in [2.45, 2.75) is 51.1 Å². The van der Waals surface area contributed by atoms with Crippen molar-refractivity contribution in [1.82, 2.24) is 4.90 Å². The number of amides is 1. The van der Waals surface area contributed by atoms with Gasteiger partial charge in [0.2, 0.25) is 0 Å². The Kier molecular flexibility index (Phi) is 7.44. The van der Waals surface area contributed by atoms with Crippen molar-refractivity contribution in [1.29, 1.82) is 0 Å². The molecule has 1 aliphatic rings. The SMILES string of the molecule is COC/C=C/c1cc(/C=C/COC)cc(CC2(N(C(=O)O)C(C)(C)C)CC2)c1. The fourth-order valence-corrected chi connectivity index (χ4v) is 3.81. The van der Waals surface area contributed by atoms with Crippen molar-refractivity contribution in [2.24, 2.45) is 0 Å². The largest absolute Gasteiger partial charge is 0.465 e. The molecule has 0 aliphatic heterocycles. The summed E-state index contributed by atoms with van der Waals surface area (Å²) in [6, 6.07) is 6.39. The third-order valence-electron chi connectivity index (χ3n) is 4.88. The van der Waals surface area contributed by atoms with Crippen molar-refractivity contribution < 1.29 is 19.4 Å². The van der Waals surface area contributed by atoms with Crippen LogP contribution in [0.1, 0.15) is 50.3 Å². The second kappa shape index (κ2) is 9.39. The molecule has 0 heterocycles. The van der Waals surface area contributed by atoms with Gasteiger partial charge in [-0.3, -0.25) is 4.90 Å². The van der Waals surface area contributed by atoms with E-state index >= 15 is 0 Å². The zero-order chi connectivity index (χ0) is 20.8. The number of ether oxygens (including phenoxy) is 2. The molecule has 1 aromatic rings. The molecule has 154 valence electrons. The van der Waals surface area contributed by atoms with Crippen LogP contribution in [-0.4, -0.2) is 54.6 Å². The van der Waals surface area contributed by atoms with Gasteiger partial charge >= 0.3 is 6.09 Å². The molecule has 2 rings (SSSR count). The summed E-state index contributed by atoms with van der Waals surface area (Å²) in [5.41, 5.74) is 2.57. The van der Waals surface area contributed by atoms with E-state index in [0.29, 0.717) is 19.6 Å². The Morgan fingerprint density at radius 2 is 1.57 bits per heavy atom. The van der Waals surface area contributed by atoms with Gasteiger partial charge in [-0.15, -0.1) is 0 Å². The number of carboxylic acid groups (broad SMARTS) is 1. The quantitative estimate of drug-likeness (QED) is 0.657. The topological polar surface area (TPSA) is 59.0 Å². The highest BCUT2D eigenvalue weighted by molar-refractivity contribution is 5.68. The predicted octanol–water partition coefficient (Wildman–Crippen LogP) is 4.86. The zero-order valence-electron chi connectivity index (χ0n) is 17.7. The van der Waals surface area contributed by atoms with E-state index in [1.165, 1.54) is 0 Å². The number of rotatable bonds is 9. The summed E-state index contributed by atoms with van der Waals surface area (Å²) in [5.74, 6) is 0. The molecule has 1 aromatic carbocycles. The maximum Gasteiger partial charge on any atom is 0.408 e. The first-order valence-electron chi connectivity index (χ1n) is 9.70. The first-order valence-corrected chi connectivity index (χ1v) is 9.70. The Morgan fingerprint density at radius 3 is 1.93 bits per heavy atom. The predicted molar refractivity (Wildman–Crippen MR) is 114 cm³/mol. The average Bonchev–Trinajstić information content (AvgIpc) is 3.33. The first-order chi connectivity index (χ1) is 13.2. The molecular weight excluding hydrogens is 354 g/mol. The molecule has 28 heavy (non-hydrogen) atoms. The van der Waals surface area contributed by atoms with E-state index in [9.17, 15) is 9.90 Å². The van der Waals surface area contributed by atoms with E-state index in [4.69, 9.17) is 9.47 Å². The molecule has 0 saturated heterocycles. The summed E-state index contributed by atoms with van der Waals surface area (Å²) >= 11 is 0. The monoisotopic (exact) mass is 387 g/mol. The summed E-state index contributed by atoms with van der Waals surface area (Å²) < 4.78 is 10.2. The molecule has 1 fully saturated rings. The fourth-order valence-electron chi connectivity index (χ4n) is 3.81. The van der Waals surface area contributed by atoms with Crippen LogP contribution in [0.3, 0.4) is 0 Å². The van der Waals surface area contributed by atoms with Gasteiger partial charge in [0.05, 0.1) is 18.8 Å². The van der Waals surface area contributed by atoms with Gasteiger partial charge in [0, 0.05) is 19.8 Å². The number of hydrogen-bond donors (Lipinski definition) is 1. The van der Waals surface area contributed by atoms with Crippen LogP contribution in [0.25, 0.3) is 12.2 Å². The first kappa shape index (κ1) is 22.2. The van der Waals surface area contributed by atoms with Crippen LogP contribution in [-0.2, 0) is 15.9 Å². The molecule has 1 N–H and O–H groups in total. The van der Waals surface area contributed by atoms with Crippen LogP contribution >= 0.6 is 0 Å². The Balaban J connectivity index is 2.33. The number of hydrogen-bond acceptors (Lipinski definition) is 3. The molecule has 0 spiro atoms. The molecule has 0 bridgehead atoms. The van der Waals surface area contributed by atoms with Crippen molar-refractivity contribution in [3.8, 4) is 0 Å². The maximum absolute atomic E-state index is 12.0. The lowest BCUT2D eigenvalue weighted by Crippen LogP contribution is -2.53. The Hall–Kier alpha value is -2.11. The molecule has 5 heteroatoms. The average molecular weight is 388 g/mol. The maximum atomic E-state index is 12.0. The van der Waals surface area contributed by atoms with Gasteiger partial charge in [-0.05, 0) is 62.8 Å². The summed E-state index contributed by atoms with van der Waals surface area (Å²) in [5, 5.41) is 9.83. The molecule has 0 aromatic heterocycles. The Morgan fingerprint density at radius 1 is 1.07 bits per heavy atom. The van der Waals surface area contributed by atoms with E-state index in [1.54, 1.807) is 19.1 Å². The van der Waals surface area contributed by atoms with Crippen LogP contribution < -0.4 is 0 Å². The minimum absolute atomic E-state index is 0.313. The lowest BCUT2D eigenvalue weighted by molar-refractivity contribution is 0.0606. The van der Waals surface area contributed by atoms with E-state index in [2.05, 4.69) is 18.2 Å². The van der Waals surface area contributed by atoms with Gasteiger partial charge in [0.15, 0.2) is 0 Å². The lowest BCUT2D eigenvalue weighted by Gasteiger charge is -2.40. The van der Waals surface area contributed by atoms with Crippen LogP contribution in [0.2, 0.25) is 0 Å². The molecule has 1 amide bonds. The van der Waals surface area contributed by atoms with E-state index in [0.717, 1.165) is 29.5 Å². The molecule has 0 radical (unpaired) electrons. The van der Waals surface area contributed by atoms with E-state index in [1.807, 2.05) is 45.1 Å². The second-order valence-electron chi connectivity index (χ2n) is 8.41. The molecule has 1 aliphatic carbocycles. The van der Waals surface area contributed by atoms with Gasteiger partial charge < -0.3 is 14.6 Å². The number of benzene rings is 1. The highest BCUT2D eigenvalue weighted by atomic mass is 16.5. The van der Waals surface area contributed by atoms with Crippen molar-refractivity contribution in [2.75, 3.05) is 27.4 Å². The van der Waals surface area contributed by atoms with Gasteiger partial charge in [-0.2, -0.15) is 0 Å². The van der Waals surface area contributed by atoms with Crippen molar-refractivity contribution in [3.05, 3.63) is 47.0 Å². The molecule has 1 saturated carbocycles. The summed E-state index contributed by atoms with van der Waals surface area (Å²) in [6.07, 6.45) is 9.71. The third-order valence-corrected chi connectivity index (χ3v) is 4.88. The second-order valence-corrected chi connectivity index (χ2v) is 8.41. The minimum Gasteiger partial charge on any atom is -0.465 e. The Bertz CT molecular complexity index is 692. The van der Waals surface area contributed by atoms with Gasteiger partial charge in [0.25, 0.3) is 0 Å². The van der Waals surface area contributed by atoms with Gasteiger partial charge in [-0.1, -0.05) is 36.4 Å². The van der Waals surface area contributed by atoms with E-state index < -0.39 is 11.6 Å². The highest BCUT2D eigenvalue weighted by Gasteiger charge is 2.53. The Labute approximate surface area is 168 Å². The smallest absolute Gasteiger partial charge is 0.408 e. The molecule has 0 atom stereocenters. The van der Waals surface area contributed by atoms with Crippen LogP contribution in [0.15, 0.2) is 30.4 Å². The summed E-state index contributed by atoms with van der Waals surface area (Å²) in [7, 11) is 3.34. The normalized spacial score (nSPS) is 16.0. The summed E-state index contributed by atoms with van der Waals surface area (Å²) in [6.45, 7) is 7.00. The number of nitrogens with zero attached hydrogens (tertiary/aromatic N) is 1. The summed E-state index contributed by atoms with van der Waals surface area (Å²) in [4.78, 5) is 13.6. The highest BCUT2D eigenvalue weighted by Crippen LogP contribution is 2.47. The molecular formula is C23H33NO4. The van der Waals surface area contributed by atoms with Crippen molar-refractivity contribution >= 4 is 18.2 Å². The zero-order valence-corrected chi connectivity index (χ0v) is 17.7. The number of carbonyl (C=O) groups is 1. The van der Waals surface area contributed by atoms with Crippen LogP contribution in [0.5, 0.6) is 0 Å². The number of methoxy groups -OCH3 is 2. The van der Waals surface area contributed by atoms with Gasteiger partial charge in [-0.25, -0.2) is 4.79 Å². The van der Waals surface area contributed by atoms with E-state index in [-0.39, 0.29) is 5.54 Å². The third kappa shape index (κ3) is 5.94. The van der Waals surface area contributed by atoms with Crippen LogP contribution in [0, 0.1) is 0 Å². The van der Waals surface area contributed by atoms with Crippen LogP contribution in [0.4, 0.5) is 4.79 Å². The lowest BCUT2D eigenvalue weighted by atomic mass is 9.94. The van der Waals surface area contributed by atoms with Crippen molar-refractivity contribution in [3.63, 3.8) is 0 Å².